The Kier molecular flexibility index (Phi) is 3.88. The summed E-state index contributed by atoms with van der Waals surface area (Å²) < 4.78 is 13.0. The number of methoxy groups -OCH3 is 1. The first-order valence-electron chi connectivity index (χ1n) is 6.54. The van der Waals surface area contributed by atoms with Gasteiger partial charge in [0.05, 0.1) is 18.7 Å². The quantitative estimate of drug-likeness (QED) is 0.932. The van der Waals surface area contributed by atoms with Crippen molar-refractivity contribution in [3.63, 3.8) is 0 Å². The topological polar surface area (TPSA) is 52.5 Å². The summed E-state index contributed by atoms with van der Waals surface area (Å²) in [4.78, 5) is 12.1. The number of benzene rings is 1. The van der Waals surface area contributed by atoms with Crippen molar-refractivity contribution in [1.82, 2.24) is 9.88 Å². The van der Waals surface area contributed by atoms with Crippen molar-refractivity contribution in [3.05, 3.63) is 23.9 Å². The molecule has 0 unspecified atom stereocenters. The lowest BCUT2D eigenvalue weighted by atomic mass is 10.2. The number of carbonyl (C=O) groups excluding carboxylic acids is 1. The molecule has 0 saturated carbocycles. The molecule has 0 aliphatic heterocycles. The van der Waals surface area contributed by atoms with Gasteiger partial charge in [-0.15, -0.1) is 0 Å². The van der Waals surface area contributed by atoms with Crippen LogP contribution in [0, 0.1) is 0 Å². The number of ether oxygens (including phenoxy) is 2. The highest BCUT2D eigenvalue weighted by Crippen LogP contribution is 2.35. The smallest absolute Gasteiger partial charge is 0.271 e. The van der Waals surface area contributed by atoms with Crippen LogP contribution >= 0.6 is 0 Å². The minimum atomic E-state index is -0.168. The second kappa shape index (κ2) is 5.45. The number of hydrogen-bond donors (Lipinski definition) is 1. The van der Waals surface area contributed by atoms with Crippen LogP contribution in [-0.2, 0) is 7.05 Å². The number of nitrogens with one attached hydrogen (secondary N) is 1. The van der Waals surface area contributed by atoms with Crippen LogP contribution in [0.2, 0.25) is 0 Å². The van der Waals surface area contributed by atoms with Crippen LogP contribution in [0.3, 0.4) is 0 Å². The van der Waals surface area contributed by atoms with E-state index in [9.17, 15) is 4.79 Å². The van der Waals surface area contributed by atoms with E-state index in [1.807, 2.05) is 43.7 Å². The summed E-state index contributed by atoms with van der Waals surface area (Å²) >= 11 is 0. The van der Waals surface area contributed by atoms with E-state index in [4.69, 9.17) is 9.47 Å². The molecule has 1 heterocycles. The van der Waals surface area contributed by atoms with Gasteiger partial charge in [0, 0.05) is 19.5 Å². The molecule has 5 heteroatoms. The molecule has 0 spiro atoms. The van der Waals surface area contributed by atoms with E-state index >= 15 is 0 Å². The Morgan fingerprint density at radius 3 is 2.60 bits per heavy atom. The molecule has 2 aromatic rings. The highest BCUT2D eigenvalue weighted by Gasteiger charge is 2.22. The summed E-state index contributed by atoms with van der Waals surface area (Å²) in [6.07, 6.45) is -0.0183. The molecule has 0 atom stereocenters. The van der Waals surface area contributed by atoms with Gasteiger partial charge in [-0.05, 0) is 32.0 Å². The third kappa shape index (κ3) is 2.31. The molecule has 0 aliphatic rings. The second-order valence-corrected chi connectivity index (χ2v) is 4.87. The molecular weight excluding hydrogens is 256 g/mol. The van der Waals surface area contributed by atoms with Gasteiger partial charge in [0.25, 0.3) is 5.91 Å². The van der Waals surface area contributed by atoms with Crippen molar-refractivity contribution < 1.29 is 14.3 Å². The van der Waals surface area contributed by atoms with Crippen LogP contribution in [0.25, 0.3) is 10.9 Å². The standard InChI is InChI=1S/C15H20N2O3/c1-9(2)20-14-11-8-10(19-5)6-7-12(11)17(4)13(14)15(18)16-3/h6-9H,1-5H3,(H,16,18). The van der Waals surface area contributed by atoms with Gasteiger partial charge in [-0.2, -0.15) is 0 Å². The van der Waals surface area contributed by atoms with Crippen molar-refractivity contribution in [2.75, 3.05) is 14.2 Å². The zero-order valence-corrected chi connectivity index (χ0v) is 12.5. The van der Waals surface area contributed by atoms with Crippen molar-refractivity contribution in [1.29, 1.82) is 0 Å². The Morgan fingerprint density at radius 1 is 1.35 bits per heavy atom. The fraction of sp³-hybridized carbons (Fsp3) is 0.400. The van der Waals surface area contributed by atoms with Crippen LogP contribution in [-0.4, -0.2) is 30.7 Å². The summed E-state index contributed by atoms with van der Waals surface area (Å²) in [6.45, 7) is 3.87. The molecule has 0 saturated heterocycles. The number of amides is 1. The van der Waals surface area contributed by atoms with Gasteiger partial charge in [-0.1, -0.05) is 0 Å². The number of hydrogen-bond acceptors (Lipinski definition) is 3. The average Bonchev–Trinajstić information content (AvgIpc) is 2.70. The van der Waals surface area contributed by atoms with Crippen molar-refractivity contribution in [2.45, 2.75) is 20.0 Å². The maximum absolute atomic E-state index is 12.1. The van der Waals surface area contributed by atoms with E-state index in [0.717, 1.165) is 16.7 Å². The van der Waals surface area contributed by atoms with Gasteiger partial charge in [0.15, 0.2) is 5.75 Å². The van der Waals surface area contributed by atoms with Crippen LogP contribution < -0.4 is 14.8 Å². The van der Waals surface area contributed by atoms with Gasteiger partial charge in [-0.25, -0.2) is 0 Å². The second-order valence-electron chi connectivity index (χ2n) is 4.87. The average molecular weight is 276 g/mol. The zero-order chi connectivity index (χ0) is 14.9. The normalized spacial score (nSPS) is 10.9. The highest BCUT2D eigenvalue weighted by atomic mass is 16.5. The maximum atomic E-state index is 12.1. The fourth-order valence-electron chi connectivity index (χ4n) is 2.25. The summed E-state index contributed by atoms with van der Waals surface area (Å²) in [5.41, 5.74) is 1.45. The molecule has 1 aromatic carbocycles. The van der Waals surface area contributed by atoms with Crippen LogP contribution in [0.1, 0.15) is 24.3 Å². The predicted octanol–water partition coefficient (Wildman–Crippen LogP) is 2.33. The molecule has 1 amide bonds. The Balaban J connectivity index is 2.75. The summed E-state index contributed by atoms with van der Waals surface area (Å²) in [5.74, 6) is 1.16. The number of rotatable bonds is 4. The van der Waals surface area contributed by atoms with Crippen molar-refractivity contribution in [3.8, 4) is 11.5 Å². The molecule has 0 fully saturated rings. The number of fused-ring (bicyclic) bond motifs is 1. The first-order valence-corrected chi connectivity index (χ1v) is 6.54. The van der Waals surface area contributed by atoms with Gasteiger partial charge in [0.2, 0.25) is 0 Å². The van der Waals surface area contributed by atoms with Gasteiger partial charge >= 0.3 is 0 Å². The first kappa shape index (κ1) is 14.2. The number of carbonyl (C=O) groups is 1. The molecule has 0 aliphatic carbocycles. The van der Waals surface area contributed by atoms with E-state index in [1.54, 1.807) is 14.2 Å². The van der Waals surface area contributed by atoms with Gasteiger partial charge in [0.1, 0.15) is 11.4 Å². The summed E-state index contributed by atoms with van der Waals surface area (Å²) in [6, 6.07) is 5.68. The van der Waals surface area contributed by atoms with Gasteiger partial charge in [-0.3, -0.25) is 4.79 Å². The monoisotopic (exact) mass is 276 g/mol. The van der Waals surface area contributed by atoms with E-state index in [1.165, 1.54) is 0 Å². The summed E-state index contributed by atoms with van der Waals surface area (Å²) in [7, 11) is 5.08. The van der Waals surface area contributed by atoms with Crippen molar-refractivity contribution in [2.24, 2.45) is 7.05 Å². The largest absolute Gasteiger partial charge is 0.497 e. The molecule has 20 heavy (non-hydrogen) atoms. The van der Waals surface area contributed by atoms with Gasteiger partial charge < -0.3 is 19.4 Å². The Bertz CT molecular complexity index is 644. The third-order valence-corrected chi connectivity index (χ3v) is 3.16. The SMILES string of the molecule is CNC(=O)c1c(OC(C)C)c2cc(OC)ccc2n1C. The first-order chi connectivity index (χ1) is 9.49. The molecular formula is C15H20N2O3. The third-order valence-electron chi connectivity index (χ3n) is 3.16. The maximum Gasteiger partial charge on any atom is 0.271 e. The lowest BCUT2D eigenvalue weighted by Gasteiger charge is -2.11. The van der Waals surface area contributed by atoms with E-state index in [2.05, 4.69) is 5.32 Å². The van der Waals surface area contributed by atoms with E-state index < -0.39 is 0 Å². The molecule has 1 N–H and O–H groups in total. The van der Waals surface area contributed by atoms with E-state index in [0.29, 0.717) is 11.4 Å². The minimum Gasteiger partial charge on any atom is -0.497 e. The minimum absolute atomic E-state index is 0.0183. The molecule has 1 aromatic heterocycles. The lowest BCUT2D eigenvalue weighted by molar-refractivity contribution is 0.0949. The molecule has 2 rings (SSSR count). The summed E-state index contributed by atoms with van der Waals surface area (Å²) in [5, 5.41) is 3.53. The Morgan fingerprint density at radius 2 is 2.05 bits per heavy atom. The molecule has 0 radical (unpaired) electrons. The van der Waals surface area contributed by atoms with Crippen molar-refractivity contribution >= 4 is 16.8 Å². The predicted molar refractivity (Wildman–Crippen MR) is 78.6 cm³/mol. The molecule has 0 bridgehead atoms. The number of aryl methyl sites for hydroxylation is 1. The highest BCUT2D eigenvalue weighted by molar-refractivity contribution is 6.04. The van der Waals surface area contributed by atoms with Crippen LogP contribution in [0.15, 0.2) is 18.2 Å². The van der Waals surface area contributed by atoms with Crippen LogP contribution in [0.4, 0.5) is 0 Å². The Hall–Kier alpha value is -2.17. The Labute approximate surface area is 118 Å². The lowest BCUT2D eigenvalue weighted by Crippen LogP contribution is -2.22. The fourth-order valence-corrected chi connectivity index (χ4v) is 2.25. The zero-order valence-electron chi connectivity index (χ0n) is 12.5. The van der Waals surface area contributed by atoms with Crippen LogP contribution in [0.5, 0.6) is 11.5 Å². The molecule has 108 valence electrons. The number of aromatic nitrogens is 1. The molecule has 5 nitrogen and oxygen atoms in total. The van der Waals surface area contributed by atoms with E-state index in [-0.39, 0.29) is 12.0 Å². The number of nitrogens with zero attached hydrogens (tertiary/aromatic N) is 1.